The van der Waals surface area contributed by atoms with Gasteiger partial charge in [-0.15, -0.1) is 0 Å². The number of hydrogen-bond acceptors (Lipinski definition) is 5. The summed E-state index contributed by atoms with van der Waals surface area (Å²) >= 11 is 0. The molecule has 4 rings (SSSR count). The van der Waals surface area contributed by atoms with Gasteiger partial charge in [-0.05, 0) is 48.0 Å². The highest BCUT2D eigenvalue weighted by molar-refractivity contribution is 5.94. The van der Waals surface area contributed by atoms with Gasteiger partial charge in [0.25, 0.3) is 0 Å². The van der Waals surface area contributed by atoms with Gasteiger partial charge in [0.15, 0.2) is 6.29 Å². The third-order valence-electron chi connectivity index (χ3n) is 5.04. The van der Waals surface area contributed by atoms with Crippen LogP contribution in [-0.4, -0.2) is 36.2 Å². The average Bonchev–Trinajstić information content (AvgIpc) is 3.21. The van der Waals surface area contributed by atoms with Gasteiger partial charge in [0, 0.05) is 25.3 Å². The minimum atomic E-state index is -0.398. The van der Waals surface area contributed by atoms with Crippen molar-refractivity contribution in [1.82, 2.24) is 9.78 Å². The van der Waals surface area contributed by atoms with Crippen molar-refractivity contribution in [1.29, 1.82) is 0 Å². The summed E-state index contributed by atoms with van der Waals surface area (Å²) < 4.78 is 18.1. The van der Waals surface area contributed by atoms with Crippen molar-refractivity contribution in [3.8, 4) is 11.5 Å². The molecule has 32 heavy (non-hydrogen) atoms. The number of anilines is 1. The van der Waals surface area contributed by atoms with Crippen molar-refractivity contribution < 1.29 is 19.0 Å². The Kier molecular flexibility index (Phi) is 6.79. The highest BCUT2D eigenvalue weighted by Crippen LogP contribution is 2.22. The normalized spacial score (nSPS) is 11.1. The van der Waals surface area contributed by atoms with Crippen molar-refractivity contribution in [2.75, 3.05) is 19.5 Å². The number of fused-ring (bicyclic) bond motifs is 1. The number of amides is 1. The fourth-order valence-corrected chi connectivity index (χ4v) is 3.37. The number of methoxy groups -OCH3 is 2. The lowest BCUT2D eigenvalue weighted by atomic mass is 10.1. The van der Waals surface area contributed by atoms with Gasteiger partial charge in [-0.2, -0.15) is 5.10 Å². The van der Waals surface area contributed by atoms with Gasteiger partial charge in [0.05, 0.1) is 24.7 Å². The molecule has 1 amide bonds. The molecule has 7 nitrogen and oxygen atoms in total. The van der Waals surface area contributed by atoms with E-state index in [1.807, 2.05) is 72.8 Å². The lowest BCUT2D eigenvalue weighted by Crippen LogP contribution is -2.21. The van der Waals surface area contributed by atoms with Gasteiger partial charge in [-0.3, -0.25) is 9.48 Å². The lowest BCUT2D eigenvalue weighted by molar-refractivity contribution is -0.115. The van der Waals surface area contributed by atoms with Crippen LogP contribution in [0.1, 0.15) is 5.56 Å². The first kappa shape index (κ1) is 21.5. The van der Waals surface area contributed by atoms with Crippen LogP contribution >= 0.6 is 0 Å². The standard InChI is InChI=1S/C25H25N3O4/c1-30-25(31-2)17-28-23-15-20(11-10-19(23)16-26-28)27-24(29)14-18-8-12-22(13-9-18)32-21-6-4-3-5-7-21/h3-13,15-16,25H,14,17H2,1-2H3,(H,27,29). The maximum atomic E-state index is 12.6. The number of ether oxygens (including phenoxy) is 3. The Morgan fingerprint density at radius 1 is 0.969 bits per heavy atom. The van der Waals surface area contributed by atoms with Gasteiger partial charge >= 0.3 is 0 Å². The van der Waals surface area contributed by atoms with Crippen LogP contribution in [0.25, 0.3) is 10.9 Å². The van der Waals surface area contributed by atoms with Gasteiger partial charge in [0.2, 0.25) is 5.91 Å². The summed E-state index contributed by atoms with van der Waals surface area (Å²) in [5.74, 6) is 1.40. The van der Waals surface area contributed by atoms with Crippen LogP contribution in [0.2, 0.25) is 0 Å². The van der Waals surface area contributed by atoms with Crippen LogP contribution in [0.15, 0.2) is 79.0 Å². The Morgan fingerprint density at radius 3 is 2.41 bits per heavy atom. The zero-order valence-electron chi connectivity index (χ0n) is 18.0. The predicted molar refractivity (Wildman–Crippen MR) is 123 cm³/mol. The number of hydrogen-bond donors (Lipinski definition) is 1. The Bertz CT molecular complexity index is 1170. The van der Waals surface area contributed by atoms with Crippen LogP contribution in [0.3, 0.4) is 0 Å². The van der Waals surface area contributed by atoms with Crippen LogP contribution in [0, 0.1) is 0 Å². The fourth-order valence-electron chi connectivity index (χ4n) is 3.37. The zero-order chi connectivity index (χ0) is 22.3. The van der Waals surface area contributed by atoms with Gasteiger partial charge in [0.1, 0.15) is 11.5 Å². The molecule has 0 saturated carbocycles. The van der Waals surface area contributed by atoms with Crippen LogP contribution in [0.4, 0.5) is 5.69 Å². The summed E-state index contributed by atoms with van der Waals surface area (Å²) in [6.07, 6.45) is 1.64. The van der Waals surface area contributed by atoms with E-state index < -0.39 is 6.29 Å². The smallest absolute Gasteiger partial charge is 0.228 e. The molecule has 0 unspecified atom stereocenters. The zero-order valence-corrected chi connectivity index (χ0v) is 18.0. The van der Waals surface area contributed by atoms with Crippen LogP contribution < -0.4 is 10.1 Å². The second kappa shape index (κ2) is 10.1. The summed E-state index contributed by atoms with van der Waals surface area (Å²) in [7, 11) is 3.18. The minimum absolute atomic E-state index is 0.0983. The quantitative estimate of drug-likeness (QED) is 0.391. The molecule has 1 N–H and O–H groups in total. The Morgan fingerprint density at radius 2 is 1.69 bits per heavy atom. The molecular weight excluding hydrogens is 406 g/mol. The molecule has 0 aliphatic heterocycles. The molecule has 7 heteroatoms. The summed E-state index contributed by atoms with van der Waals surface area (Å²) in [6.45, 7) is 0.450. The molecule has 164 valence electrons. The molecule has 0 aliphatic carbocycles. The number of rotatable bonds is 9. The number of benzene rings is 3. The summed E-state index contributed by atoms with van der Waals surface area (Å²) in [6, 6.07) is 22.8. The van der Waals surface area contributed by atoms with Gasteiger partial charge in [-0.25, -0.2) is 0 Å². The summed E-state index contributed by atoms with van der Waals surface area (Å²) in [5.41, 5.74) is 2.50. The van der Waals surface area contributed by atoms with E-state index in [0.717, 1.165) is 28.0 Å². The second-order valence-corrected chi connectivity index (χ2v) is 7.29. The summed E-state index contributed by atoms with van der Waals surface area (Å²) in [4.78, 5) is 12.6. The van der Waals surface area contributed by atoms with E-state index in [9.17, 15) is 4.79 Å². The topological polar surface area (TPSA) is 74.6 Å². The molecule has 4 aromatic rings. The first-order valence-corrected chi connectivity index (χ1v) is 10.3. The Balaban J connectivity index is 1.39. The molecule has 3 aromatic carbocycles. The predicted octanol–water partition coefficient (Wildman–Crippen LogP) is 4.63. The number of nitrogens with zero attached hydrogens (tertiary/aromatic N) is 2. The molecule has 0 aliphatic rings. The lowest BCUT2D eigenvalue weighted by Gasteiger charge is -2.14. The van der Waals surface area contributed by atoms with E-state index in [4.69, 9.17) is 14.2 Å². The maximum Gasteiger partial charge on any atom is 0.228 e. The van der Waals surface area contributed by atoms with E-state index in [2.05, 4.69) is 10.4 Å². The van der Waals surface area contributed by atoms with Crippen molar-refractivity contribution in [2.24, 2.45) is 0 Å². The van der Waals surface area contributed by atoms with Crippen molar-refractivity contribution in [3.63, 3.8) is 0 Å². The molecular formula is C25H25N3O4. The van der Waals surface area contributed by atoms with Crippen molar-refractivity contribution in [2.45, 2.75) is 19.3 Å². The van der Waals surface area contributed by atoms with Crippen LogP contribution in [0.5, 0.6) is 11.5 Å². The van der Waals surface area contributed by atoms with E-state index in [1.165, 1.54) is 0 Å². The highest BCUT2D eigenvalue weighted by atomic mass is 16.7. The second-order valence-electron chi connectivity index (χ2n) is 7.29. The van der Waals surface area contributed by atoms with Gasteiger partial charge < -0.3 is 19.5 Å². The van der Waals surface area contributed by atoms with Crippen LogP contribution in [-0.2, 0) is 27.2 Å². The third kappa shape index (κ3) is 5.32. The Labute approximate surface area is 186 Å². The number of carbonyl (C=O) groups is 1. The average molecular weight is 431 g/mol. The highest BCUT2D eigenvalue weighted by Gasteiger charge is 2.12. The SMILES string of the molecule is COC(Cn1ncc2ccc(NC(=O)Cc3ccc(Oc4ccccc4)cc3)cc21)OC. The van der Waals surface area contributed by atoms with Crippen molar-refractivity contribution in [3.05, 3.63) is 84.6 Å². The molecule has 0 radical (unpaired) electrons. The fraction of sp³-hybridized carbons (Fsp3) is 0.200. The van der Waals surface area contributed by atoms with Gasteiger partial charge in [-0.1, -0.05) is 30.3 Å². The molecule has 0 spiro atoms. The molecule has 1 aromatic heterocycles. The monoisotopic (exact) mass is 431 g/mol. The first-order valence-electron chi connectivity index (χ1n) is 10.3. The first-order chi connectivity index (χ1) is 15.6. The van der Waals surface area contributed by atoms with E-state index in [0.29, 0.717) is 12.2 Å². The molecule has 1 heterocycles. The number of carbonyl (C=O) groups excluding carboxylic acids is 1. The van der Waals surface area contributed by atoms with E-state index in [1.54, 1.807) is 25.1 Å². The number of para-hydroxylation sites is 1. The van der Waals surface area contributed by atoms with Crippen molar-refractivity contribution >= 4 is 22.5 Å². The van der Waals surface area contributed by atoms with E-state index >= 15 is 0 Å². The number of aromatic nitrogens is 2. The molecule has 0 fully saturated rings. The molecule has 0 bridgehead atoms. The Hall–Kier alpha value is -3.68. The molecule has 0 saturated heterocycles. The largest absolute Gasteiger partial charge is 0.457 e. The molecule has 0 atom stereocenters. The number of nitrogens with one attached hydrogen (secondary N) is 1. The maximum absolute atomic E-state index is 12.6. The minimum Gasteiger partial charge on any atom is -0.457 e. The third-order valence-corrected chi connectivity index (χ3v) is 5.04. The summed E-state index contributed by atoms with van der Waals surface area (Å²) in [5, 5.41) is 8.33. The van der Waals surface area contributed by atoms with E-state index in [-0.39, 0.29) is 12.3 Å².